The van der Waals surface area contributed by atoms with Crippen LogP contribution in [0.3, 0.4) is 0 Å². The molecule has 0 spiro atoms. The number of carbonyl (C=O) groups is 1. The number of carbonyl (C=O) groups excluding carboxylic acids is 1. The maximum atomic E-state index is 11.5. The third kappa shape index (κ3) is 7.49. The zero-order valence-corrected chi connectivity index (χ0v) is 14.4. The summed E-state index contributed by atoms with van der Waals surface area (Å²) in [5.74, 6) is 0.697. The van der Waals surface area contributed by atoms with Crippen LogP contribution in [0, 0.1) is 0 Å². The number of amides is 1. The number of aliphatic imine (C=N–C) groups is 1. The molecule has 1 atom stereocenters. The molecule has 0 aliphatic carbocycles. The summed E-state index contributed by atoms with van der Waals surface area (Å²) >= 11 is 0. The first-order valence-electron chi connectivity index (χ1n) is 7.79. The van der Waals surface area contributed by atoms with Gasteiger partial charge in [-0.15, -0.1) is 0 Å². The van der Waals surface area contributed by atoms with Crippen molar-refractivity contribution >= 4 is 12.1 Å². The lowest BCUT2D eigenvalue weighted by Gasteiger charge is -2.24. The van der Waals surface area contributed by atoms with Gasteiger partial charge in [0.1, 0.15) is 5.60 Å². The van der Waals surface area contributed by atoms with Gasteiger partial charge in [0, 0.05) is 33.3 Å². The maximum absolute atomic E-state index is 11.5. The predicted octanol–water partition coefficient (Wildman–Crippen LogP) is 1.25. The van der Waals surface area contributed by atoms with E-state index < -0.39 is 11.7 Å². The Hall–Kier alpha value is -1.50. The molecule has 22 heavy (non-hydrogen) atoms. The van der Waals surface area contributed by atoms with Crippen molar-refractivity contribution in [1.29, 1.82) is 0 Å². The van der Waals surface area contributed by atoms with Gasteiger partial charge in [-0.1, -0.05) is 0 Å². The van der Waals surface area contributed by atoms with Gasteiger partial charge in [0.05, 0.1) is 5.60 Å². The van der Waals surface area contributed by atoms with Gasteiger partial charge in [0.15, 0.2) is 5.96 Å². The van der Waals surface area contributed by atoms with Crippen LogP contribution in [0.1, 0.15) is 40.5 Å². The summed E-state index contributed by atoms with van der Waals surface area (Å²) in [5.41, 5.74) is -0.599. The third-order valence-corrected chi connectivity index (χ3v) is 3.24. The molecule has 1 unspecified atom stereocenters. The molecule has 1 amide bonds. The van der Waals surface area contributed by atoms with E-state index in [1.54, 1.807) is 7.05 Å². The second-order valence-electron chi connectivity index (χ2n) is 6.68. The van der Waals surface area contributed by atoms with Crippen LogP contribution in [0.2, 0.25) is 0 Å². The number of nitrogens with one attached hydrogen (secondary N) is 3. The van der Waals surface area contributed by atoms with Crippen molar-refractivity contribution in [3.05, 3.63) is 0 Å². The molecule has 0 aromatic rings. The van der Waals surface area contributed by atoms with Gasteiger partial charge in [0.25, 0.3) is 0 Å². The van der Waals surface area contributed by atoms with Crippen LogP contribution in [-0.2, 0) is 9.47 Å². The number of hydrogen-bond acceptors (Lipinski definition) is 4. The monoisotopic (exact) mass is 314 g/mol. The van der Waals surface area contributed by atoms with Crippen LogP contribution in [0.4, 0.5) is 4.79 Å². The summed E-state index contributed by atoms with van der Waals surface area (Å²) in [5, 5.41) is 9.08. The number of guanidine groups is 1. The molecule has 1 rings (SSSR count). The van der Waals surface area contributed by atoms with Crippen LogP contribution in [0.5, 0.6) is 0 Å². The van der Waals surface area contributed by atoms with Crippen molar-refractivity contribution < 1.29 is 14.3 Å². The minimum atomic E-state index is -0.480. The number of rotatable bonds is 5. The molecule has 7 heteroatoms. The molecule has 1 saturated heterocycles. The SMILES string of the molecule is CN=C(NCCNC(=O)OC(C)(C)C)NCC1(C)CCCO1. The van der Waals surface area contributed by atoms with Crippen molar-refractivity contribution in [2.45, 2.75) is 51.7 Å². The van der Waals surface area contributed by atoms with E-state index in [0.717, 1.165) is 19.4 Å². The first-order chi connectivity index (χ1) is 10.2. The van der Waals surface area contributed by atoms with Gasteiger partial charge in [-0.05, 0) is 40.5 Å². The van der Waals surface area contributed by atoms with E-state index in [4.69, 9.17) is 9.47 Å². The minimum Gasteiger partial charge on any atom is -0.444 e. The number of hydrogen-bond donors (Lipinski definition) is 3. The lowest BCUT2D eigenvalue weighted by molar-refractivity contribution is 0.0243. The predicted molar refractivity (Wildman–Crippen MR) is 87.2 cm³/mol. The summed E-state index contributed by atoms with van der Waals surface area (Å²) in [4.78, 5) is 15.6. The smallest absolute Gasteiger partial charge is 0.407 e. The van der Waals surface area contributed by atoms with Crippen LogP contribution in [-0.4, -0.2) is 56.5 Å². The Morgan fingerprint density at radius 2 is 1.95 bits per heavy atom. The van der Waals surface area contributed by atoms with Crippen molar-refractivity contribution in [3.8, 4) is 0 Å². The number of ether oxygens (including phenoxy) is 2. The van der Waals surface area contributed by atoms with Gasteiger partial charge in [-0.2, -0.15) is 0 Å². The summed E-state index contributed by atoms with van der Waals surface area (Å²) in [7, 11) is 1.72. The fourth-order valence-electron chi connectivity index (χ4n) is 2.13. The molecule has 1 heterocycles. The Kier molecular flexibility index (Phi) is 6.93. The zero-order valence-electron chi connectivity index (χ0n) is 14.4. The second kappa shape index (κ2) is 8.22. The summed E-state index contributed by atoms with van der Waals surface area (Å²) in [6, 6.07) is 0. The highest BCUT2D eigenvalue weighted by molar-refractivity contribution is 5.79. The maximum Gasteiger partial charge on any atom is 0.407 e. The molecule has 0 aromatic carbocycles. The van der Waals surface area contributed by atoms with Crippen LogP contribution in [0.15, 0.2) is 4.99 Å². The van der Waals surface area contributed by atoms with Crippen molar-refractivity contribution in [3.63, 3.8) is 0 Å². The van der Waals surface area contributed by atoms with Gasteiger partial charge in [0.2, 0.25) is 0 Å². The van der Waals surface area contributed by atoms with Gasteiger partial charge >= 0.3 is 6.09 Å². The zero-order chi connectivity index (χ0) is 16.6. The summed E-state index contributed by atoms with van der Waals surface area (Å²) < 4.78 is 10.9. The number of nitrogens with zero attached hydrogens (tertiary/aromatic N) is 1. The van der Waals surface area contributed by atoms with Gasteiger partial charge in [-0.25, -0.2) is 4.79 Å². The van der Waals surface area contributed by atoms with E-state index in [1.807, 2.05) is 20.8 Å². The lowest BCUT2D eigenvalue weighted by Crippen LogP contribution is -2.47. The van der Waals surface area contributed by atoms with E-state index >= 15 is 0 Å². The fourth-order valence-corrected chi connectivity index (χ4v) is 2.13. The molecule has 0 radical (unpaired) electrons. The minimum absolute atomic E-state index is 0.119. The normalized spacial score (nSPS) is 22.3. The average Bonchev–Trinajstić information content (AvgIpc) is 2.83. The highest BCUT2D eigenvalue weighted by atomic mass is 16.6. The van der Waals surface area contributed by atoms with Gasteiger partial charge < -0.3 is 25.4 Å². The Labute approximate surface area is 133 Å². The molecular formula is C15H30N4O3. The van der Waals surface area contributed by atoms with Gasteiger partial charge in [-0.3, -0.25) is 4.99 Å². The molecule has 1 fully saturated rings. The largest absolute Gasteiger partial charge is 0.444 e. The van der Waals surface area contributed by atoms with E-state index in [9.17, 15) is 4.79 Å². The van der Waals surface area contributed by atoms with Crippen molar-refractivity contribution in [1.82, 2.24) is 16.0 Å². The molecule has 3 N–H and O–H groups in total. The molecule has 0 aromatic heterocycles. The van der Waals surface area contributed by atoms with Crippen molar-refractivity contribution in [2.75, 3.05) is 33.3 Å². The fraction of sp³-hybridized carbons (Fsp3) is 0.867. The average molecular weight is 314 g/mol. The molecule has 1 aliphatic heterocycles. The Balaban J connectivity index is 2.18. The Morgan fingerprint density at radius 3 is 2.50 bits per heavy atom. The van der Waals surface area contributed by atoms with Crippen LogP contribution < -0.4 is 16.0 Å². The highest BCUT2D eigenvalue weighted by Crippen LogP contribution is 2.23. The lowest BCUT2D eigenvalue weighted by atomic mass is 10.0. The summed E-state index contributed by atoms with van der Waals surface area (Å²) in [6.07, 6.45) is 1.74. The Bertz CT molecular complexity index is 385. The molecular weight excluding hydrogens is 284 g/mol. The molecule has 1 aliphatic rings. The molecule has 128 valence electrons. The van der Waals surface area contributed by atoms with E-state index in [1.165, 1.54) is 0 Å². The second-order valence-corrected chi connectivity index (χ2v) is 6.68. The Morgan fingerprint density at radius 1 is 1.27 bits per heavy atom. The van der Waals surface area contributed by atoms with E-state index in [2.05, 4.69) is 27.9 Å². The number of alkyl carbamates (subject to hydrolysis) is 1. The van der Waals surface area contributed by atoms with E-state index in [-0.39, 0.29) is 5.60 Å². The molecule has 0 saturated carbocycles. The first kappa shape index (κ1) is 18.5. The standard InChI is InChI=1S/C15H30N4O3/c1-14(2,3)22-13(20)18-9-8-17-12(16-5)19-11-15(4)7-6-10-21-15/h6-11H2,1-5H3,(H,18,20)(H2,16,17,19). The quantitative estimate of drug-likeness (QED) is 0.404. The van der Waals surface area contributed by atoms with Crippen LogP contribution in [0.25, 0.3) is 0 Å². The van der Waals surface area contributed by atoms with Crippen LogP contribution >= 0.6 is 0 Å². The molecule has 7 nitrogen and oxygen atoms in total. The third-order valence-electron chi connectivity index (χ3n) is 3.24. The first-order valence-corrected chi connectivity index (χ1v) is 7.79. The topological polar surface area (TPSA) is 84.0 Å². The summed E-state index contributed by atoms with van der Waals surface area (Å²) in [6.45, 7) is 10.2. The highest BCUT2D eigenvalue weighted by Gasteiger charge is 2.29. The van der Waals surface area contributed by atoms with E-state index in [0.29, 0.717) is 25.6 Å². The van der Waals surface area contributed by atoms with Crippen molar-refractivity contribution in [2.24, 2.45) is 4.99 Å². The molecule has 0 bridgehead atoms.